The summed E-state index contributed by atoms with van der Waals surface area (Å²) in [6.07, 6.45) is 0.892. The van der Waals surface area contributed by atoms with Gasteiger partial charge in [-0.3, -0.25) is 4.79 Å². The normalized spacial score (nSPS) is 10.2. The first-order valence-electron chi connectivity index (χ1n) is 6.67. The number of phenols is 1. The van der Waals surface area contributed by atoms with E-state index >= 15 is 0 Å². The molecule has 1 aromatic carbocycles. The van der Waals surface area contributed by atoms with Crippen LogP contribution in [0.3, 0.4) is 0 Å². The van der Waals surface area contributed by atoms with Crippen molar-refractivity contribution in [2.75, 3.05) is 31.9 Å². The van der Waals surface area contributed by atoms with Crippen molar-refractivity contribution in [3.63, 3.8) is 0 Å². The van der Waals surface area contributed by atoms with Gasteiger partial charge < -0.3 is 21.1 Å². The Morgan fingerprint density at radius 1 is 1.35 bits per heavy atom. The topological polar surface area (TPSA) is 78.6 Å². The van der Waals surface area contributed by atoms with E-state index in [-0.39, 0.29) is 29.6 Å². The van der Waals surface area contributed by atoms with E-state index in [0.29, 0.717) is 12.2 Å². The van der Waals surface area contributed by atoms with Gasteiger partial charge in [0.05, 0.1) is 5.56 Å². The number of nitrogen functional groups attached to an aromatic ring is 1. The third-order valence-electron chi connectivity index (χ3n) is 3.10. The quantitative estimate of drug-likeness (QED) is 0.530. The van der Waals surface area contributed by atoms with Crippen LogP contribution >= 0.6 is 12.4 Å². The zero-order chi connectivity index (χ0) is 14.3. The zero-order valence-corrected chi connectivity index (χ0v) is 12.9. The number of hydrogen-bond acceptors (Lipinski definition) is 4. The van der Waals surface area contributed by atoms with Crippen molar-refractivity contribution in [2.24, 2.45) is 0 Å². The molecule has 0 heterocycles. The van der Waals surface area contributed by atoms with E-state index in [1.54, 1.807) is 6.07 Å². The monoisotopic (exact) mass is 301 g/mol. The van der Waals surface area contributed by atoms with E-state index in [1.807, 2.05) is 0 Å². The van der Waals surface area contributed by atoms with Crippen LogP contribution in [0.4, 0.5) is 5.69 Å². The third kappa shape index (κ3) is 5.67. The molecule has 1 amide bonds. The number of benzene rings is 1. The van der Waals surface area contributed by atoms with Crippen molar-refractivity contribution in [3.05, 3.63) is 23.8 Å². The Morgan fingerprint density at radius 3 is 2.55 bits per heavy atom. The predicted molar refractivity (Wildman–Crippen MR) is 84.5 cm³/mol. The van der Waals surface area contributed by atoms with E-state index in [4.69, 9.17) is 5.73 Å². The molecule has 0 radical (unpaired) electrons. The van der Waals surface area contributed by atoms with Crippen LogP contribution in [0.2, 0.25) is 0 Å². The summed E-state index contributed by atoms with van der Waals surface area (Å²) >= 11 is 0. The summed E-state index contributed by atoms with van der Waals surface area (Å²) < 4.78 is 0. The van der Waals surface area contributed by atoms with Crippen LogP contribution in [-0.2, 0) is 0 Å². The lowest BCUT2D eigenvalue weighted by Gasteiger charge is -2.17. The number of amides is 1. The third-order valence-corrected chi connectivity index (χ3v) is 3.10. The fourth-order valence-corrected chi connectivity index (χ4v) is 1.88. The minimum atomic E-state index is -0.267. The van der Waals surface area contributed by atoms with Crippen LogP contribution in [-0.4, -0.2) is 42.1 Å². The highest BCUT2D eigenvalue weighted by atomic mass is 35.5. The summed E-state index contributed by atoms with van der Waals surface area (Å²) in [5.41, 5.74) is 6.22. The van der Waals surface area contributed by atoms with Gasteiger partial charge in [0.15, 0.2) is 0 Å². The number of carbonyl (C=O) groups is 1. The van der Waals surface area contributed by atoms with E-state index in [9.17, 15) is 9.90 Å². The van der Waals surface area contributed by atoms with Crippen molar-refractivity contribution in [1.82, 2.24) is 10.2 Å². The zero-order valence-electron chi connectivity index (χ0n) is 12.1. The van der Waals surface area contributed by atoms with Gasteiger partial charge in [0.2, 0.25) is 0 Å². The van der Waals surface area contributed by atoms with Gasteiger partial charge in [-0.15, -0.1) is 12.4 Å². The lowest BCUT2D eigenvalue weighted by Crippen LogP contribution is -2.29. The lowest BCUT2D eigenvalue weighted by molar-refractivity contribution is 0.0949. The Hall–Kier alpha value is -1.46. The number of halogens is 1. The van der Waals surface area contributed by atoms with Crippen molar-refractivity contribution < 1.29 is 9.90 Å². The second-order valence-corrected chi connectivity index (χ2v) is 4.41. The van der Waals surface area contributed by atoms with Crippen LogP contribution in [0.1, 0.15) is 30.6 Å². The molecule has 0 unspecified atom stereocenters. The van der Waals surface area contributed by atoms with Crippen molar-refractivity contribution in [3.8, 4) is 5.75 Å². The van der Waals surface area contributed by atoms with Gasteiger partial charge in [0.1, 0.15) is 5.75 Å². The van der Waals surface area contributed by atoms with E-state index in [2.05, 4.69) is 24.1 Å². The molecule has 0 aromatic heterocycles. The Balaban J connectivity index is 0.00000361. The summed E-state index contributed by atoms with van der Waals surface area (Å²) in [7, 11) is 0. The van der Waals surface area contributed by atoms with Gasteiger partial charge in [-0.05, 0) is 38.2 Å². The highest BCUT2D eigenvalue weighted by molar-refractivity contribution is 5.97. The number of phenolic OH excluding ortho intramolecular Hbond substituents is 1. The molecule has 114 valence electrons. The molecule has 4 N–H and O–H groups in total. The first-order valence-corrected chi connectivity index (χ1v) is 6.67. The van der Waals surface area contributed by atoms with Gasteiger partial charge >= 0.3 is 0 Å². The smallest absolute Gasteiger partial charge is 0.255 e. The minimum Gasteiger partial charge on any atom is -0.507 e. The second kappa shape index (κ2) is 9.44. The molecule has 0 aliphatic carbocycles. The Morgan fingerprint density at radius 2 is 2.00 bits per heavy atom. The van der Waals surface area contributed by atoms with Crippen molar-refractivity contribution in [2.45, 2.75) is 20.3 Å². The Labute approximate surface area is 126 Å². The maximum atomic E-state index is 11.8. The summed E-state index contributed by atoms with van der Waals surface area (Å²) in [6.45, 7) is 7.83. The highest BCUT2D eigenvalue weighted by Crippen LogP contribution is 2.19. The number of aromatic hydroxyl groups is 1. The van der Waals surface area contributed by atoms with Crippen LogP contribution in [0.25, 0.3) is 0 Å². The Kier molecular flexibility index (Phi) is 8.76. The summed E-state index contributed by atoms with van der Waals surface area (Å²) in [6, 6.07) is 4.51. The van der Waals surface area contributed by atoms with E-state index in [1.165, 1.54) is 12.1 Å². The number of carbonyl (C=O) groups excluding carboxylic acids is 1. The molecular formula is C14H24ClN3O2. The van der Waals surface area contributed by atoms with Gasteiger partial charge in [-0.1, -0.05) is 13.8 Å². The van der Waals surface area contributed by atoms with E-state index in [0.717, 1.165) is 26.1 Å². The maximum Gasteiger partial charge on any atom is 0.255 e. The molecule has 0 aliphatic heterocycles. The lowest BCUT2D eigenvalue weighted by atomic mass is 10.1. The van der Waals surface area contributed by atoms with E-state index < -0.39 is 0 Å². The molecule has 0 saturated carbocycles. The van der Waals surface area contributed by atoms with Crippen molar-refractivity contribution in [1.29, 1.82) is 0 Å². The maximum absolute atomic E-state index is 11.8. The number of nitrogens with two attached hydrogens (primary N) is 1. The molecule has 5 nitrogen and oxygen atoms in total. The summed E-state index contributed by atoms with van der Waals surface area (Å²) in [4.78, 5) is 14.1. The molecule has 6 heteroatoms. The molecule has 0 saturated heterocycles. The molecule has 0 atom stereocenters. The number of anilines is 1. The fraction of sp³-hybridized carbons (Fsp3) is 0.500. The number of nitrogens with zero attached hydrogens (tertiary/aromatic N) is 1. The van der Waals surface area contributed by atoms with Gasteiger partial charge in [-0.25, -0.2) is 0 Å². The number of rotatable bonds is 7. The molecule has 0 bridgehead atoms. The highest BCUT2D eigenvalue weighted by Gasteiger charge is 2.10. The molecule has 1 aromatic rings. The first-order chi connectivity index (χ1) is 9.08. The fourth-order valence-electron chi connectivity index (χ4n) is 1.88. The second-order valence-electron chi connectivity index (χ2n) is 4.41. The van der Waals surface area contributed by atoms with Gasteiger partial charge in [0.25, 0.3) is 5.91 Å². The number of nitrogens with one attached hydrogen (secondary N) is 1. The molecule has 1 rings (SSSR count). The first kappa shape index (κ1) is 18.5. The largest absolute Gasteiger partial charge is 0.507 e. The van der Waals surface area contributed by atoms with Crippen LogP contribution in [0.5, 0.6) is 5.75 Å². The average molecular weight is 302 g/mol. The SMILES string of the molecule is CCN(CC)CCCNC(=O)c1ccc(N)cc1O.Cl. The van der Waals surface area contributed by atoms with Gasteiger partial charge in [-0.2, -0.15) is 0 Å². The molecule has 0 aliphatic rings. The van der Waals surface area contributed by atoms with Crippen LogP contribution in [0.15, 0.2) is 18.2 Å². The molecular weight excluding hydrogens is 278 g/mol. The van der Waals surface area contributed by atoms with Gasteiger partial charge in [0, 0.05) is 18.3 Å². The summed E-state index contributed by atoms with van der Waals surface area (Å²) in [5.74, 6) is -0.349. The molecule has 0 spiro atoms. The van der Waals surface area contributed by atoms with Crippen LogP contribution in [0, 0.1) is 0 Å². The van der Waals surface area contributed by atoms with Crippen LogP contribution < -0.4 is 11.1 Å². The number of hydrogen-bond donors (Lipinski definition) is 3. The molecule has 0 fully saturated rings. The minimum absolute atomic E-state index is 0. The molecule has 20 heavy (non-hydrogen) atoms. The van der Waals surface area contributed by atoms with Crippen molar-refractivity contribution >= 4 is 24.0 Å². The average Bonchev–Trinajstić information content (AvgIpc) is 2.38. The predicted octanol–water partition coefficient (Wildman–Crippen LogP) is 1.86. The Bertz CT molecular complexity index is 423. The standard InChI is InChI=1S/C14H23N3O2.ClH/c1-3-17(4-2)9-5-8-16-14(19)12-7-6-11(15)10-13(12)18;/h6-7,10,18H,3-5,8-9,15H2,1-2H3,(H,16,19);1H. The summed E-state index contributed by atoms with van der Waals surface area (Å²) in [5, 5.41) is 12.4.